The van der Waals surface area contributed by atoms with E-state index in [-0.39, 0.29) is 16.2 Å². The minimum Gasteiger partial charge on any atom is -0.417 e. The van der Waals surface area contributed by atoms with Crippen molar-refractivity contribution in [3.8, 4) is 0 Å². The highest BCUT2D eigenvalue weighted by Gasteiger charge is 2.39. The third kappa shape index (κ3) is 9.73. The maximum atomic E-state index is 6.72. The van der Waals surface area contributed by atoms with Crippen LogP contribution >= 0.6 is 0 Å². The lowest BCUT2D eigenvalue weighted by Gasteiger charge is -2.39. The molecule has 0 aromatic heterocycles. The number of hydrogen-bond acceptors (Lipinski definition) is 2. The third-order valence-electron chi connectivity index (χ3n) is 6.34. The van der Waals surface area contributed by atoms with Gasteiger partial charge in [0.25, 0.3) is 0 Å². The van der Waals surface area contributed by atoms with Crippen molar-refractivity contribution in [2.45, 2.75) is 117 Å². The second-order valence-electron chi connectivity index (χ2n) is 11.0. The Balaban J connectivity index is 4.80. The smallest absolute Gasteiger partial charge is 0.192 e. The van der Waals surface area contributed by atoms with Gasteiger partial charge in [0.2, 0.25) is 0 Å². The van der Waals surface area contributed by atoms with E-state index in [9.17, 15) is 0 Å². The zero-order chi connectivity index (χ0) is 21.5. The van der Waals surface area contributed by atoms with E-state index in [1.807, 2.05) is 6.08 Å². The average molecular weight is 413 g/mol. The van der Waals surface area contributed by atoms with Gasteiger partial charge in [-0.05, 0) is 68.9 Å². The van der Waals surface area contributed by atoms with Crippen molar-refractivity contribution in [2.75, 3.05) is 6.61 Å². The van der Waals surface area contributed by atoms with E-state index < -0.39 is 16.6 Å². The number of allylic oxidation sites excluding steroid dienone is 2. The summed E-state index contributed by atoms with van der Waals surface area (Å²) in [5, 5.41) is 0.516. The van der Waals surface area contributed by atoms with E-state index in [1.165, 1.54) is 5.57 Å². The normalized spacial score (nSPS) is 15.7. The summed E-state index contributed by atoms with van der Waals surface area (Å²) in [5.74, 6) is 0. The van der Waals surface area contributed by atoms with E-state index in [0.29, 0.717) is 0 Å². The molecule has 0 bridgehead atoms. The Labute approximate surface area is 173 Å². The molecule has 0 radical (unpaired) electrons. The van der Waals surface area contributed by atoms with Gasteiger partial charge in [-0.25, -0.2) is 0 Å². The standard InChI is InChI=1S/C23H48O2Si2/c1-13-16-20(2)19-21(25-27(11,12)23(6,7)8)17-14-15-18-24-26(9,10)22(3,4)5/h13,19,21H,1,14-18H2,2-12H3/b20-19+/t21-/m1/s1. The quantitative estimate of drug-likeness (QED) is 0.194. The third-order valence-corrected chi connectivity index (χ3v) is 15.4. The van der Waals surface area contributed by atoms with E-state index in [0.717, 1.165) is 32.3 Å². The monoisotopic (exact) mass is 412 g/mol. The van der Waals surface area contributed by atoms with Gasteiger partial charge in [-0.3, -0.25) is 0 Å². The van der Waals surface area contributed by atoms with Gasteiger partial charge in [0.1, 0.15) is 0 Å². The summed E-state index contributed by atoms with van der Waals surface area (Å²) in [6.45, 7) is 30.1. The Bertz CT molecular complexity index is 480. The molecular weight excluding hydrogens is 364 g/mol. The summed E-state index contributed by atoms with van der Waals surface area (Å²) < 4.78 is 13.0. The molecule has 0 N–H and O–H groups in total. The molecule has 0 unspecified atom stereocenters. The number of hydrogen-bond donors (Lipinski definition) is 0. The van der Waals surface area contributed by atoms with Crippen molar-refractivity contribution in [2.24, 2.45) is 0 Å². The van der Waals surface area contributed by atoms with Crippen LogP contribution in [-0.4, -0.2) is 29.3 Å². The second-order valence-corrected chi connectivity index (χ2v) is 20.6. The Morgan fingerprint density at radius 3 is 1.89 bits per heavy atom. The average Bonchev–Trinajstić information content (AvgIpc) is 2.43. The highest BCUT2D eigenvalue weighted by molar-refractivity contribution is 6.74. The molecule has 0 aliphatic carbocycles. The fourth-order valence-electron chi connectivity index (χ4n) is 2.34. The zero-order valence-electron chi connectivity index (χ0n) is 20.3. The molecule has 0 rings (SSSR count). The molecule has 0 aliphatic heterocycles. The molecular formula is C23H48O2Si2. The molecule has 2 nitrogen and oxygen atoms in total. The second kappa shape index (κ2) is 10.6. The Morgan fingerprint density at radius 2 is 1.44 bits per heavy atom. The first kappa shape index (κ1) is 26.8. The maximum absolute atomic E-state index is 6.72. The van der Waals surface area contributed by atoms with Crippen molar-refractivity contribution in [3.05, 3.63) is 24.3 Å². The van der Waals surface area contributed by atoms with Gasteiger partial charge < -0.3 is 8.85 Å². The summed E-state index contributed by atoms with van der Waals surface area (Å²) in [5.41, 5.74) is 1.35. The number of rotatable bonds is 11. The predicted molar refractivity (Wildman–Crippen MR) is 128 cm³/mol. The number of unbranched alkanes of at least 4 members (excludes halogenated alkanes) is 1. The molecule has 0 amide bonds. The van der Waals surface area contributed by atoms with Gasteiger partial charge in [0.05, 0.1) is 6.10 Å². The van der Waals surface area contributed by atoms with E-state index in [1.54, 1.807) is 0 Å². The van der Waals surface area contributed by atoms with E-state index in [2.05, 4.69) is 87.3 Å². The van der Waals surface area contributed by atoms with Crippen molar-refractivity contribution < 1.29 is 8.85 Å². The molecule has 0 aromatic rings. The summed E-state index contributed by atoms with van der Waals surface area (Å²) >= 11 is 0. The molecule has 27 heavy (non-hydrogen) atoms. The minimum absolute atomic E-state index is 0.207. The van der Waals surface area contributed by atoms with Crippen molar-refractivity contribution in [1.29, 1.82) is 0 Å². The lowest BCUT2D eigenvalue weighted by atomic mass is 10.1. The summed E-state index contributed by atoms with van der Waals surface area (Å²) in [6.07, 6.45) is 8.77. The van der Waals surface area contributed by atoms with Crippen LogP contribution in [0.1, 0.15) is 74.1 Å². The molecule has 160 valence electrons. The summed E-state index contributed by atoms with van der Waals surface area (Å²) in [7, 11) is -3.41. The molecule has 0 spiro atoms. The van der Waals surface area contributed by atoms with Crippen LogP contribution in [0.3, 0.4) is 0 Å². The lowest BCUT2D eigenvalue weighted by molar-refractivity contribution is 0.203. The Kier molecular flexibility index (Phi) is 10.5. The fraction of sp³-hybridized carbons (Fsp3) is 0.826. The van der Waals surface area contributed by atoms with E-state index in [4.69, 9.17) is 8.85 Å². The first-order valence-electron chi connectivity index (χ1n) is 10.6. The highest BCUT2D eigenvalue weighted by atomic mass is 28.4. The Morgan fingerprint density at radius 1 is 0.926 bits per heavy atom. The zero-order valence-corrected chi connectivity index (χ0v) is 22.3. The van der Waals surface area contributed by atoms with Crippen molar-refractivity contribution >= 4 is 16.6 Å². The van der Waals surface area contributed by atoms with Gasteiger partial charge in [0, 0.05) is 6.61 Å². The Hall–Kier alpha value is -0.166. The largest absolute Gasteiger partial charge is 0.417 e. The maximum Gasteiger partial charge on any atom is 0.192 e. The van der Waals surface area contributed by atoms with Gasteiger partial charge in [-0.2, -0.15) is 0 Å². The lowest BCUT2D eigenvalue weighted by Crippen LogP contribution is -2.43. The van der Waals surface area contributed by atoms with Crippen molar-refractivity contribution in [1.82, 2.24) is 0 Å². The molecule has 4 heteroatoms. The van der Waals surface area contributed by atoms with Crippen LogP contribution in [0.4, 0.5) is 0 Å². The van der Waals surface area contributed by atoms with Crippen LogP contribution in [0, 0.1) is 0 Å². The summed E-state index contributed by atoms with van der Waals surface area (Å²) in [4.78, 5) is 0. The van der Waals surface area contributed by atoms with Crippen molar-refractivity contribution in [3.63, 3.8) is 0 Å². The molecule has 0 saturated carbocycles. The van der Waals surface area contributed by atoms with Crippen LogP contribution in [0.15, 0.2) is 24.3 Å². The highest BCUT2D eigenvalue weighted by Crippen LogP contribution is 2.38. The molecule has 1 atom stereocenters. The first-order valence-corrected chi connectivity index (χ1v) is 16.4. The summed E-state index contributed by atoms with van der Waals surface area (Å²) in [6, 6.07) is 0. The molecule has 0 aromatic carbocycles. The van der Waals surface area contributed by atoms with Crippen LogP contribution in [0.2, 0.25) is 36.3 Å². The molecule has 0 aliphatic rings. The molecule has 0 fully saturated rings. The van der Waals surface area contributed by atoms with E-state index >= 15 is 0 Å². The van der Waals surface area contributed by atoms with Crippen LogP contribution in [-0.2, 0) is 8.85 Å². The van der Waals surface area contributed by atoms with Gasteiger partial charge in [-0.15, -0.1) is 6.58 Å². The van der Waals surface area contributed by atoms with Crippen LogP contribution in [0.5, 0.6) is 0 Å². The molecule has 0 heterocycles. The van der Waals surface area contributed by atoms with Crippen LogP contribution in [0.25, 0.3) is 0 Å². The SMILES string of the molecule is C=CC/C(C)=C/[C@@H](CCCCO[Si](C)(C)C(C)(C)C)O[Si](C)(C)C(C)(C)C. The minimum atomic E-state index is -1.78. The van der Waals surface area contributed by atoms with Gasteiger partial charge in [-0.1, -0.05) is 59.3 Å². The van der Waals surface area contributed by atoms with Gasteiger partial charge >= 0.3 is 0 Å². The first-order chi connectivity index (χ1) is 12.0. The predicted octanol–water partition coefficient (Wildman–Crippen LogP) is 8.09. The topological polar surface area (TPSA) is 18.5 Å². The van der Waals surface area contributed by atoms with Gasteiger partial charge in [0.15, 0.2) is 16.6 Å². The molecule has 0 saturated heterocycles. The van der Waals surface area contributed by atoms with Crippen LogP contribution < -0.4 is 0 Å². The fourth-order valence-corrected chi connectivity index (χ4v) is 4.72.